The third-order valence-corrected chi connectivity index (χ3v) is 3.09. The number of nitrogens with one attached hydrogen (secondary N) is 1. The van der Waals surface area contributed by atoms with Crippen LogP contribution in [0.5, 0.6) is 0 Å². The number of piperazine rings is 1. The minimum absolute atomic E-state index is 0.0922. The second kappa shape index (κ2) is 5.53. The molecule has 1 unspecified atom stereocenters. The van der Waals surface area contributed by atoms with Gasteiger partial charge in [0.2, 0.25) is 0 Å². The Balaban J connectivity index is 2.18. The summed E-state index contributed by atoms with van der Waals surface area (Å²) in [6, 6.07) is 3.54. The number of halogens is 2. The van der Waals surface area contributed by atoms with E-state index in [1.54, 1.807) is 0 Å². The first-order valence-electron chi connectivity index (χ1n) is 5.73. The molecule has 2 rings (SSSR count). The summed E-state index contributed by atoms with van der Waals surface area (Å²) in [6.45, 7) is 3.19. The Hall–Kier alpha value is -1.04. The zero-order valence-corrected chi connectivity index (χ0v) is 9.50. The summed E-state index contributed by atoms with van der Waals surface area (Å²) in [5.41, 5.74) is 0.619. The van der Waals surface area contributed by atoms with Gasteiger partial charge in [0.15, 0.2) is 11.6 Å². The van der Waals surface area contributed by atoms with E-state index in [2.05, 4.69) is 10.2 Å². The lowest BCUT2D eigenvalue weighted by Crippen LogP contribution is -2.46. The molecule has 17 heavy (non-hydrogen) atoms. The van der Waals surface area contributed by atoms with Crippen LogP contribution < -0.4 is 5.32 Å². The van der Waals surface area contributed by atoms with E-state index < -0.39 is 11.6 Å². The van der Waals surface area contributed by atoms with Crippen molar-refractivity contribution in [1.82, 2.24) is 10.2 Å². The minimum Gasteiger partial charge on any atom is -0.394 e. The molecule has 1 fully saturated rings. The van der Waals surface area contributed by atoms with Crippen LogP contribution in [0.25, 0.3) is 0 Å². The number of aliphatic hydroxyl groups is 1. The van der Waals surface area contributed by atoms with Gasteiger partial charge in [-0.2, -0.15) is 0 Å². The van der Waals surface area contributed by atoms with Crippen LogP contribution in [-0.4, -0.2) is 42.8 Å². The summed E-state index contributed by atoms with van der Waals surface area (Å²) in [5, 5.41) is 12.6. The van der Waals surface area contributed by atoms with Crippen LogP contribution in [-0.2, 0) is 0 Å². The van der Waals surface area contributed by atoms with Gasteiger partial charge in [-0.1, -0.05) is 6.07 Å². The van der Waals surface area contributed by atoms with E-state index in [4.69, 9.17) is 0 Å². The molecule has 0 amide bonds. The van der Waals surface area contributed by atoms with Crippen LogP contribution in [0.4, 0.5) is 8.78 Å². The van der Waals surface area contributed by atoms with Crippen molar-refractivity contribution in [3.63, 3.8) is 0 Å². The first-order chi connectivity index (χ1) is 8.22. The van der Waals surface area contributed by atoms with Gasteiger partial charge >= 0.3 is 0 Å². The van der Waals surface area contributed by atoms with Crippen LogP contribution in [0, 0.1) is 11.6 Å². The van der Waals surface area contributed by atoms with E-state index in [0.717, 1.165) is 38.3 Å². The molecule has 1 aromatic rings. The van der Waals surface area contributed by atoms with E-state index in [9.17, 15) is 13.9 Å². The van der Waals surface area contributed by atoms with Gasteiger partial charge < -0.3 is 10.4 Å². The van der Waals surface area contributed by atoms with Gasteiger partial charge in [-0.15, -0.1) is 0 Å². The highest BCUT2D eigenvalue weighted by atomic mass is 19.2. The van der Waals surface area contributed by atoms with Crippen molar-refractivity contribution >= 4 is 0 Å². The molecule has 1 heterocycles. The first kappa shape index (κ1) is 12.4. The van der Waals surface area contributed by atoms with Gasteiger partial charge in [0.05, 0.1) is 12.6 Å². The van der Waals surface area contributed by atoms with E-state index in [-0.39, 0.29) is 12.6 Å². The lowest BCUT2D eigenvalue weighted by molar-refractivity contribution is 0.110. The molecule has 1 saturated heterocycles. The van der Waals surface area contributed by atoms with E-state index in [1.165, 1.54) is 6.07 Å². The zero-order valence-electron chi connectivity index (χ0n) is 9.50. The zero-order chi connectivity index (χ0) is 12.3. The predicted octanol–water partition coefficient (Wildman–Crippen LogP) is 0.903. The number of aliphatic hydroxyl groups excluding tert-OH is 1. The molecule has 0 radical (unpaired) electrons. The maximum absolute atomic E-state index is 13.2. The molecule has 94 valence electrons. The third kappa shape index (κ3) is 2.80. The number of rotatable bonds is 3. The monoisotopic (exact) mass is 242 g/mol. The van der Waals surface area contributed by atoms with Crippen molar-refractivity contribution < 1.29 is 13.9 Å². The third-order valence-electron chi connectivity index (χ3n) is 3.09. The van der Waals surface area contributed by atoms with Crippen molar-refractivity contribution in [2.24, 2.45) is 0 Å². The van der Waals surface area contributed by atoms with Gasteiger partial charge in [-0.25, -0.2) is 8.78 Å². The number of hydrogen-bond donors (Lipinski definition) is 2. The second-order valence-electron chi connectivity index (χ2n) is 4.16. The van der Waals surface area contributed by atoms with Crippen LogP contribution in [0.1, 0.15) is 11.6 Å². The van der Waals surface area contributed by atoms with E-state index in [0.29, 0.717) is 5.56 Å². The normalized spacial score (nSPS) is 19.2. The smallest absolute Gasteiger partial charge is 0.159 e. The Labute approximate surface area is 99.1 Å². The number of nitrogens with zero attached hydrogens (tertiary/aromatic N) is 1. The molecule has 1 atom stereocenters. The molecule has 1 aliphatic heterocycles. The summed E-state index contributed by atoms with van der Waals surface area (Å²) in [7, 11) is 0. The fraction of sp³-hybridized carbons (Fsp3) is 0.500. The number of benzene rings is 1. The van der Waals surface area contributed by atoms with E-state index >= 15 is 0 Å². The molecule has 0 aliphatic carbocycles. The molecule has 0 spiro atoms. The highest BCUT2D eigenvalue weighted by Gasteiger charge is 2.22. The first-order valence-corrected chi connectivity index (χ1v) is 5.73. The molecule has 0 saturated carbocycles. The SMILES string of the molecule is OCC(c1ccc(F)c(F)c1)N1CCNCC1. The summed E-state index contributed by atoms with van der Waals surface area (Å²) >= 11 is 0. The summed E-state index contributed by atoms with van der Waals surface area (Å²) < 4.78 is 26.0. The molecule has 1 aliphatic rings. The molecule has 1 aromatic carbocycles. The number of hydrogen-bond acceptors (Lipinski definition) is 3. The fourth-order valence-electron chi connectivity index (χ4n) is 2.15. The molecule has 0 aromatic heterocycles. The predicted molar refractivity (Wildman–Crippen MR) is 60.6 cm³/mol. The molecule has 3 nitrogen and oxygen atoms in total. The van der Waals surface area contributed by atoms with Crippen LogP contribution in [0.2, 0.25) is 0 Å². The molecule has 0 bridgehead atoms. The summed E-state index contributed by atoms with van der Waals surface area (Å²) in [5.74, 6) is -1.72. The molecular formula is C12H16F2N2O. The van der Waals surface area contributed by atoms with E-state index in [1.807, 2.05) is 0 Å². The molecule has 2 N–H and O–H groups in total. The molecular weight excluding hydrogens is 226 g/mol. The van der Waals surface area contributed by atoms with Crippen LogP contribution >= 0.6 is 0 Å². The van der Waals surface area contributed by atoms with Gasteiger partial charge in [0.25, 0.3) is 0 Å². The summed E-state index contributed by atoms with van der Waals surface area (Å²) in [4.78, 5) is 2.07. The largest absolute Gasteiger partial charge is 0.394 e. The van der Waals surface area contributed by atoms with Crippen LogP contribution in [0.15, 0.2) is 18.2 Å². The van der Waals surface area contributed by atoms with Crippen LogP contribution in [0.3, 0.4) is 0 Å². The maximum atomic E-state index is 13.2. The highest BCUT2D eigenvalue weighted by molar-refractivity contribution is 5.21. The fourth-order valence-corrected chi connectivity index (χ4v) is 2.15. The topological polar surface area (TPSA) is 35.5 Å². The Morgan fingerprint density at radius 2 is 1.94 bits per heavy atom. The van der Waals surface area contributed by atoms with Gasteiger partial charge in [-0.05, 0) is 17.7 Å². The van der Waals surface area contributed by atoms with Crippen molar-refractivity contribution in [2.75, 3.05) is 32.8 Å². The summed E-state index contributed by atoms with van der Waals surface area (Å²) in [6.07, 6.45) is 0. The average molecular weight is 242 g/mol. The average Bonchev–Trinajstić information content (AvgIpc) is 2.36. The highest BCUT2D eigenvalue weighted by Crippen LogP contribution is 2.22. The van der Waals surface area contributed by atoms with Crippen molar-refractivity contribution in [1.29, 1.82) is 0 Å². The Kier molecular flexibility index (Phi) is 4.04. The Morgan fingerprint density at radius 1 is 1.24 bits per heavy atom. The van der Waals surface area contributed by atoms with Gasteiger partial charge in [-0.3, -0.25) is 4.90 Å². The quantitative estimate of drug-likeness (QED) is 0.826. The van der Waals surface area contributed by atoms with Gasteiger partial charge in [0, 0.05) is 26.2 Å². The Morgan fingerprint density at radius 3 is 2.53 bits per heavy atom. The minimum atomic E-state index is -0.865. The van der Waals surface area contributed by atoms with Gasteiger partial charge in [0.1, 0.15) is 0 Å². The maximum Gasteiger partial charge on any atom is 0.159 e. The molecule has 5 heteroatoms. The van der Waals surface area contributed by atoms with Crippen molar-refractivity contribution in [3.8, 4) is 0 Å². The lowest BCUT2D eigenvalue weighted by atomic mass is 10.0. The lowest BCUT2D eigenvalue weighted by Gasteiger charge is -2.34. The van der Waals surface area contributed by atoms with Crippen molar-refractivity contribution in [3.05, 3.63) is 35.4 Å². The Bertz CT molecular complexity index is 381. The second-order valence-corrected chi connectivity index (χ2v) is 4.16. The standard InChI is InChI=1S/C12H16F2N2O/c13-10-2-1-9(7-11(10)14)12(8-17)16-5-3-15-4-6-16/h1-2,7,12,15,17H,3-6,8H2. The van der Waals surface area contributed by atoms with Crippen molar-refractivity contribution in [2.45, 2.75) is 6.04 Å².